The minimum atomic E-state index is 0.202. The van der Waals surface area contributed by atoms with Gasteiger partial charge in [-0.05, 0) is 44.0 Å². The van der Waals surface area contributed by atoms with E-state index in [0.717, 1.165) is 36.3 Å². The van der Waals surface area contributed by atoms with Crippen molar-refractivity contribution in [2.75, 3.05) is 26.7 Å². The highest BCUT2D eigenvalue weighted by atomic mass is 35.5. The number of nitrogens with one attached hydrogen (secondary N) is 1. The largest absolute Gasteiger partial charge is 0.374 e. The highest BCUT2D eigenvalue weighted by Crippen LogP contribution is 2.39. The first-order chi connectivity index (χ1) is 9.70. The summed E-state index contributed by atoms with van der Waals surface area (Å²) in [6, 6.07) is 7.51. The van der Waals surface area contributed by atoms with Crippen LogP contribution in [-0.4, -0.2) is 43.8 Å². The number of aryl methyl sites for hydroxylation is 1. The Labute approximate surface area is 126 Å². The standard InChI is InChI=1S/C16H23ClN2O/c1-11-3-4-12(9-14(11)17)16-15(10-18-2)20-8-7-19(16)13-5-6-13/h3-4,9,13,15-16,18H,5-8,10H2,1-2H3. The van der Waals surface area contributed by atoms with Crippen LogP contribution in [0.15, 0.2) is 18.2 Å². The number of nitrogens with zero attached hydrogens (tertiary/aromatic N) is 1. The van der Waals surface area contributed by atoms with E-state index in [-0.39, 0.29) is 6.10 Å². The second-order valence-electron chi connectivity index (χ2n) is 5.89. The van der Waals surface area contributed by atoms with Gasteiger partial charge in [-0.2, -0.15) is 0 Å². The summed E-state index contributed by atoms with van der Waals surface area (Å²) in [5, 5.41) is 4.11. The molecule has 4 heteroatoms. The molecule has 2 aliphatic rings. The van der Waals surface area contributed by atoms with Gasteiger partial charge in [0.1, 0.15) is 0 Å². The SMILES string of the molecule is CNCC1OCCN(C2CC2)C1c1ccc(C)c(Cl)c1. The number of morpholine rings is 1. The third-order valence-corrected chi connectivity index (χ3v) is 4.76. The van der Waals surface area contributed by atoms with Crippen LogP contribution in [0.25, 0.3) is 0 Å². The van der Waals surface area contributed by atoms with Gasteiger partial charge in [0, 0.05) is 24.2 Å². The van der Waals surface area contributed by atoms with Gasteiger partial charge in [-0.15, -0.1) is 0 Å². The predicted octanol–water partition coefficient (Wildman–Crippen LogP) is 2.77. The molecule has 3 rings (SSSR count). The molecule has 1 saturated carbocycles. The third-order valence-electron chi connectivity index (χ3n) is 4.35. The van der Waals surface area contributed by atoms with Crippen molar-refractivity contribution in [1.29, 1.82) is 0 Å². The fraction of sp³-hybridized carbons (Fsp3) is 0.625. The Morgan fingerprint density at radius 2 is 2.20 bits per heavy atom. The van der Waals surface area contributed by atoms with Gasteiger partial charge in [0.05, 0.1) is 18.8 Å². The first kappa shape index (κ1) is 14.3. The van der Waals surface area contributed by atoms with Crippen LogP contribution in [0.3, 0.4) is 0 Å². The Kier molecular flexibility index (Phi) is 4.32. The van der Waals surface area contributed by atoms with Gasteiger partial charge in [0.2, 0.25) is 0 Å². The first-order valence-electron chi connectivity index (χ1n) is 7.48. The van der Waals surface area contributed by atoms with Crippen molar-refractivity contribution in [3.8, 4) is 0 Å². The Bertz CT molecular complexity index is 474. The number of benzene rings is 1. The summed E-state index contributed by atoms with van der Waals surface area (Å²) in [5.74, 6) is 0. The average molecular weight is 295 g/mol. The molecule has 2 fully saturated rings. The summed E-state index contributed by atoms with van der Waals surface area (Å²) in [6.45, 7) is 4.78. The van der Waals surface area contributed by atoms with Crippen molar-refractivity contribution in [3.63, 3.8) is 0 Å². The molecule has 1 N–H and O–H groups in total. The van der Waals surface area contributed by atoms with Gasteiger partial charge in [-0.25, -0.2) is 0 Å². The monoisotopic (exact) mass is 294 g/mol. The Morgan fingerprint density at radius 1 is 1.40 bits per heavy atom. The summed E-state index contributed by atoms with van der Waals surface area (Å²) in [4.78, 5) is 2.62. The van der Waals surface area contributed by atoms with Crippen LogP contribution in [-0.2, 0) is 4.74 Å². The lowest BCUT2D eigenvalue weighted by atomic mass is 9.96. The van der Waals surface area contributed by atoms with Gasteiger partial charge in [-0.1, -0.05) is 23.7 Å². The van der Waals surface area contributed by atoms with Gasteiger partial charge in [-0.3, -0.25) is 4.90 Å². The van der Waals surface area contributed by atoms with Crippen LogP contribution in [0, 0.1) is 6.92 Å². The van der Waals surface area contributed by atoms with Crippen LogP contribution in [0.5, 0.6) is 0 Å². The van der Waals surface area contributed by atoms with E-state index in [4.69, 9.17) is 16.3 Å². The second-order valence-corrected chi connectivity index (χ2v) is 6.30. The molecule has 0 amide bonds. The number of hydrogen-bond acceptors (Lipinski definition) is 3. The van der Waals surface area contributed by atoms with E-state index in [0.29, 0.717) is 6.04 Å². The van der Waals surface area contributed by atoms with Gasteiger partial charge in [0.15, 0.2) is 0 Å². The molecule has 0 spiro atoms. The topological polar surface area (TPSA) is 24.5 Å². The summed E-state index contributed by atoms with van der Waals surface area (Å²) >= 11 is 6.33. The molecule has 1 saturated heterocycles. The molecule has 0 aromatic heterocycles. The first-order valence-corrected chi connectivity index (χ1v) is 7.86. The number of rotatable bonds is 4. The van der Waals surface area contributed by atoms with Crippen LogP contribution in [0.2, 0.25) is 5.02 Å². The fourth-order valence-electron chi connectivity index (χ4n) is 3.14. The van der Waals surface area contributed by atoms with E-state index in [9.17, 15) is 0 Å². The van der Waals surface area contributed by atoms with E-state index in [2.05, 4.69) is 28.4 Å². The molecule has 0 radical (unpaired) electrons. The zero-order valence-electron chi connectivity index (χ0n) is 12.2. The lowest BCUT2D eigenvalue weighted by Gasteiger charge is -2.42. The normalized spacial score (nSPS) is 27.8. The maximum Gasteiger partial charge on any atom is 0.0896 e. The molecular weight excluding hydrogens is 272 g/mol. The third kappa shape index (κ3) is 2.86. The smallest absolute Gasteiger partial charge is 0.0896 e. The Morgan fingerprint density at radius 3 is 2.85 bits per heavy atom. The van der Waals surface area contributed by atoms with Gasteiger partial charge >= 0.3 is 0 Å². The van der Waals surface area contributed by atoms with E-state index in [1.54, 1.807) is 0 Å². The molecule has 110 valence electrons. The van der Waals surface area contributed by atoms with E-state index in [1.165, 1.54) is 18.4 Å². The lowest BCUT2D eigenvalue weighted by molar-refractivity contribution is -0.0739. The zero-order chi connectivity index (χ0) is 14.1. The maximum atomic E-state index is 6.33. The number of hydrogen-bond donors (Lipinski definition) is 1. The zero-order valence-corrected chi connectivity index (χ0v) is 13.0. The molecule has 1 aromatic rings. The van der Waals surface area contributed by atoms with E-state index in [1.807, 2.05) is 14.0 Å². The number of halogens is 1. The molecule has 20 heavy (non-hydrogen) atoms. The van der Waals surface area contributed by atoms with E-state index >= 15 is 0 Å². The van der Waals surface area contributed by atoms with Crippen molar-refractivity contribution < 1.29 is 4.74 Å². The minimum Gasteiger partial charge on any atom is -0.374 e. The molecule has 0 bridgehead atoms. The molecule has 3 nitrogen and oxygen atoms in total. The summed E-state index contributed by atoms with van der Waals surface area (Å²) in [7, 11) is 1.98. The molecule has 1 aromatic carbocycles. The molecule has 1 aliphatic carbocycles. The summed E-state index contributed by atoms with van der Waals surface area (Å²) in [5.41, 5.74) is 2.42. The van der Waals surface area contributed by atoms with Crippen LogP contribution >= 0.6 is 11.6 Å². The minimum absolute atomic E-state index is 0.202. The van der Waals surface area contributed by atoms with Crippen LogP contribution in [0.1, 0.15) is 30.0 Å². The molecular formula is C16H23ClN2O. The fourth-order valence-corrected chi connectivity index (χ4v) is 3.33. The van der Waals surface area contributed by atoms with Crippen LogP contribution < -0.4 is 5.32 Å². The van der Waals surface area contributed by atoms with Crippen molar-refractivity contribution >= 4 is 11.6 Å². The van der Waals surface area contributed by atoms with Crippen molar-refractivity contribution in [2.45, 2.75) is 38.0 Å². The van der Waals surface area contributed by atoms with Gasteiger partial charge < -0.3 is 10.1 Å². The van der Waals surface area contributed by atoms with Gasteiger partial charge in [0.25, 0.3) is 0 Å². The highest BCUT2D eigenvalue weighted by Gasteiger charge is 2.41. The second kappa shape index (κ2) is 6.02. The quantitative estimate of drug-likeness (QED) is 0.924. The number of likely N-dealkylation sites (N-methyl/N-ethyl adjacent to an activating group) is 1. The van der Waals surface area contributed by atoms with E-state index < -0.39 is 0 Å². The molecule has 2 atom stereocenters. The summed E-state index contributed by atoms with van der Waals surface area (Å²) < 4.78 is 6.02. The number of ether oxygens (including phenoxy) is 1. The molecule has 1 heterocycles. The Hall–Kier alpha value is -0.610. The highest BCUT2D eigenvalue weighted by molar-refractivity contribution is 6.31. The van der Waals surface area contributed by atoms with Crippen molar-refractivity contribution in [1.82, 2.24) is 10.2 Å². The maximum absolute atomic E-state index is 6.33. The Balaban J connectivity index is 1.91. The van der Waals surface area contributed by atoms with Crippen molar-refractivity contribution in [3.05, 3.63) is 34.3 Å². The average Bonchev–Trinajstić information content (AvgIpc) is 3.27. The summed E-state index contributed by atoms with van der Waals surface area (Å²) in [6.07, 6.45) is 2.85. The van der Waals surface area contributed by atoms with Crippen molar-refractivity contribution in [2.24, 2.45) is 0 Å². The van der Waals surface area contributed by atoms with Crippen LogP contribution in [0.4, 0.5) is 0 Å². The molecule has 2 unspecified atom stereocenters. The molecule has 1 aliphatic heterocycles. The predicted molar refractivity (Wildman–Crippen MR) is 82.3 cm³/mol. The lowest BCUT2D eigenvalue weighted by Crippen LogP contribution is -2.49.